The van der Waals surface area contributed by atoms with Crippen molar-refractivity contribution >= 4 is 5.97 Å². The van der Waals surface area contributed by atoms with E-state index in [9.17, 15) is 13.6 Å². The molecular weight excluding hydrogens is 240 g/mol. The van der Waals surface area contributed by atoms with Crippen LogP contribution in [0.4, 0.5) is 8.78 Å². The molecule has 1 aromatic carbocycles. The summed E-state index contributed by atoms with van der Waals surface area (Å²) in [6.45, 7) is 0. The molecule has 0 aliphatic rings. The van der Waals surface area contributed by atoms with E-state index in [1.807, 2.05) is 6.07 Å². The van der Waals surface area contributed by atoms with Crippen LogP contribution in [0.25, 0.3) is 0 Å². The van der Waals surface area contributed by atoms with Crippen molar-refractivity contribution in [2.75, 3.05) is 0 Å². The van der Waals surface area contributed by atoms with Crippen molar-refractivity contribution in [1.29, 1.82) is 0 Å². The minimum atomic E-state index is -1.66. The molecule has 92 valence electrons. The van der Waals surface area contributed by atoms with E-state index >= 15 is 0 Å². The molecule has 0 saturated carbocycles. The molecule has 0 radical (unpaired) electrons. The fourth-order valence-corrected chi connectivity index (χ4v) is 1.62. The highest BCUT2D eigenvalue weighted by Crippen LogP contribution is 2.15. The van der Waals surface area contributed by atoms with Gasteiger partial charge in [0.2, 0.25) is 5.95 Å². The van der Waals surface area contributed by atoms with Gasteiger partial charge < -0.3 is 5.11 Å². The number of nitrogens with zero attached hydrogens (tertiary/aromatic N) is 1. The first-order chi connectivity index (χ1) is 8.58. The lowest BCUT2D eigenvalue weighted by Gasteiger charge is -2.04. The van der Waals surface area contributed by atoms with E-state index in [-0.39, 0.29) is 12.1 Å². The molecule has 5 heteroatoms. The Morgan fingerprint density at radius 1 is 1.22 bits per heavy atom. The largest absolute Gasteiger partial charge is 0.477 e. The molecule has 1 N–H and O–H groups in total. The summed E-state index contributed by atoms with van der Waals surface area (Å²) < 4.78 is 26.7. The van der Waals surface area contributed by atoms with E-state index in [4.69, 9.17) is 5.11 Å². The Morgan fingerprint density at radius 2 is 1.89 bits per heavy atom. The summed E-state index contributed by atoms with van der Waals surface area (Å²) in [7, 11) is 0. The molecule has 0 aliphatic carbocycles. The third-order valence-electron chi connectivity index (χ3n) is 2.42. The number of carboxylic acid groups (broad SMARTS) is 1. The van der Waals surface area contributed by atoms with Gasteiger partial charge >= 0.3 is 5.97 Å². The lowest BCUT2D eigenvalue weighted by Crippen LogP contribution is -2.09. The van der Waals surface area contributed by atoms with Crippen molar-refractivity contribution in [2.45, 2.75) is 6.42 Å². The topological polar surface area (TPSA) is 50.2 Å². The summed E-state index contributed by atoms with van der Waals surface area (Å²) in [5, 5.41) is 8.61. The zero-order valence-electron chi connectivity index (χ0n) is 9.23. The second-order valence-corrected chi connectivity index (χ2v) is 3.73. The first kappa shape index (κ1) is 12.2. The van der Waals surface area contributed by atoms with Crippen molar-refractivity contribution in [3.8, 4) is 0 Å². The number of hydrogen-bond donors (Lipinski definition) is 1. The Labute approximate surface area is 102 Å². The van der Waals surface area contributed by atoms with E-state index in [0.717, 1.165) is 11.6 Å². The molecule has 18 heavy (non-hydrogen) atoms. The molecule has 0 atom stereocenters. The predicted octanol–water partition coefficient (Wildman–Crippen LogP) is 2.65. The molecule has 1 heterocycles. The number of pyridine rings is 1. The average Bonchev–Trinajstić information content (AvgIpc) is 2.28. The van der Waals surface area contributed by atoms with Crippen molar-refractivity contribution in [3.05, 3.63) is 65.0 Å². The van der Waals surface area contributed by atoms with Gasteiger partial charge in [0.25, 0.3) is 0 Å². The maximum atomic E-state index is 13.4. The fourth-order valence-electron chi connectivity index (χ4n) is 1.62. The molecule has 0 amide bonds. The summed E-state index contributed by atoms with van der Waals surface area (Å²) in [6, 6.07) is 9.96. The quantitative estimate of drug-likeness (QED) is 0.851. The first-order valence-electron chi connectivity index (χ1n) is 5.20. The third kappa shape index (κ3) is 2.51. The normalized spacial score (nSPS) is 10.3. The zero-order valence-corrected chi connectivity index (χ0v) is 9.23. The van der Waals surface area contributed by atoms with E-state index in [1.54, 1.807) is 24.3 Å². The van der Waals surface area contributed by atoms with Gasteiger partial charge in [-0.15, -0.1) is 0 Å². The van der Waals surface area contributed by atoms with Crippen LogP contribution in [0.3, 0.4) is 0 Å². The molecule has 0 aliphatic heterocycles. The van der Waals surface area contributed by atoms with E-state index in [0.29, 0.717) is 0 Å². The highest BCUT2D eigenvalue weighted by Gasteiger charge is 2.19. The number of halogens is 2. The van der Waals surface area contributed by atoms with Crippen molar-refractivity contribution < 1.29 is 18.7 Å². The number of carbonyl (C=O) groups is 1. The van der Waals surface area contributed by atoms with E-state index in [2.05, 4.69) is 4.98 Å². The van der Waals surface area contributed by atoms with Crippen LogP contribution in [0.15, 0.2) is 36.4 Å². The fraction of sp³-hybridized carbons (Fsp3) is 0.0769. The van der Waals surface area contributed by atoms with Crippen molar-refractivity contribution in [2.24, 2.45) is 0 Å². The standard InChI is InChI=1S/C13H9F2NO2/c14-10-7-9(6-8-4-2-1-3-5-8)16-12(15)11(10)13(17)18/h1-5,7H,6H2,(H,17,18). The minimum absolute atomic E-state index is 0.154. The van der Waals surface area contributed by atoms with Gasteiger partial charge in [-0.2, -0.15) is 4.39 Å². The Kier molecular flexibility index (Phi) is 3.32. The van der Waals surface area contributed by atoms with Gasteiger partial charge in [0, 0.05) is 6.42 Å². The average molecular weight is 249 g/mol. The van der Waals surface area contributed by atoms with Gasteiger partial charge in [0.15, 0.2) is 5.56 Å². The minimum Gasteiger partial charge on any atom is -0.477 e. The molecule has 0 unspecified atom stereocenters. The number of rotatable bonds is 3. The number of carboxylic acids is 1. The van der Waals surface area contributed by atoms with Crippen LogP contribution < -0.4 is 0 Å². The molecule has 2 aromatic rings. The monoisotopic (exact) mass is 249 g/mol. The van der Waals surface area contributed by atoms with Crippen LogP contribution in [0.1, 0.15) is 21.6 Å². The second kappa shape index (κ2) is 4.91. The molecule has 0 spiro atoms. The van der Waals surface area contributed by atoms with Gasteiger partial charge in [-0.3, -0.25) is 0 Å². The maximum Gasteiger partial charge on any atom is 0.343 e. The molecule has 0 bridgehead atoms. The van der Waals surface area contributed by atoms with Crippen LogP contribution in [-0.4, -0.2) is 16.1 Å². The molecular formula is C13H9F2NO2. The summed E-state index contributed by atoms with van der Waals surface area (Å²) in [6.07, 6.45) is 0.245. The van der Waals surface area contributed by atoms with Gasteiger partial charge in [0.1, 0.15) is 5.82 Å². The Morgan fingerprint density at radius 3 is 2.44 bits per heavy atom. The number of aromatic carboxylic acids is 1. The predicted molar refractivity (Wildman–Crippen MR) is 60.4 cm³/mol. The summed E-state index contributed by atoms with van der Waals surface area (Å²) in [4.78, 5) is 14.1. The van der Waals surface area contributed by atoms with Gasteiger partial charge in [0.05, 0.1) is 5.69 Å². The van der Waals surface area contributed by atoms with Crippen LogP contribution in [0.2, 0.25) is 0 Å². The van der Waals surface area contributed by atoms with Gasteiger partial charge in [-0.1, -0.05) is 30.3 Å². The van der Waals surface area contributed by atoms with Crippen LogP contribution >= 0.6 is 0 Å². The van der Waals surface area contributed by atoms with E-state index in [1.165, 1.54) is 0 Å². The summed E-state index contributed by atoms with van der Waals surface area (Å²) in [5.74, 6) is -4.07. The third-order valence-corrected chi connectivity index (χ3v) is 2.42. The lowest BCUT2D eigenvalue weighted by molar-refractivity contribution is 0.0685. The SMILES string of the molecule is O=C(O)c1c(F)cc(Cc2ccccc2)nc1F. The van der Waals surface area contributed by atoms with Crippen molar-refractivity contribution in [1.82, 2.24) is 4.98 Å². The molecule has 2 rings (SSSR count). The maximum absolute atomic E-state index is 13.4. The Bertz CT molecular complexity index is 562. The lowest BCUT2D eigenvalue weighted by atomic mass is 10.1. The highest BCUT2D eigenvalue weighted by atomic mass is 19.1. The second-order valence-electron chi connectivity index (χ2n) is 3.73. The summed E-state index contributed by atoms with van der Waals surface area (Å²) >= 11 is 0. The van der Waals surface area contributed by atoms with Gasteiger partial charge in [-0.05, 0) is 11.6 Å². The molecule has 0 fully saturated rings. The Hall–Kier alpha value is -2.30. The molecule has 1 aromatic heterocycles. The number of aromatic nitrogens is 1. The van der Waals surface area contributed by atoms with Crippen LogP contribution in [0, 0.1) is 11.8 Å². The van der Waals surface area contributed by atoms with Crippen LogP contribution in [0.5, 0.6) is 0 Å². The summed E-state index contributed by atoms with van der Waals surface area (Å²) in [5.41, 5.74) is -0.0279. The van der Waals surface area contributed by atoms with Crippen LogP contribution in [-0.2, 0) is 6.42 Å². The smallest absolute Gasteiger partial charge is 0.343 e. The number of benzene rings is 1. The van der Waals surface area contributed by atoms with E-state index < -0.39 is 23.3 Å². The molecule has 0 saturated heterocycles. The Balaban J connectivity index is 2.34. The first-order valence-corrected chi connectivity index (χ1v) is 5.20. The molecule has 3 nitrogen and oxygen atoms in total. The highest BCUT2D eigenvalue weighted by molar-refractivity contribution is 5.87. The van der Waals surface area contributed by atoms with Gasteiger partial charge in [-0.25, -0.2) is 14.2 Å². The zero-order chi connectivity index (χ0) is 13.1. The van der Waals surface area contributed by atoms with Crippen molar-refractivity contribution in [3.63, 3.8) is 0 Å². The number of hydrogen-bond acceptors (Lipinski definition) is 2.